The first-order valence-corrected chi connectivity index (χ1v) is 14.4. The zero-order valence-electron chi connectivity index (χ0n) is 21.9. The van der Waals surface area contributed by atoms with Crippen molar-refractivity contribution in [1.29, 1.82) is 0 Å². The summed E-state index contributed by atoms with van der Waals surface area (Å²) in [5.74, 6) is -0.314. The van der Waals surface area contributed by atoms with Gasteiger partial charge in [-0.25, -0.2) is 8.42 Å². The lowest BCUT2D eigenvalue weighted by Gasteiger charge is -2.32. The summed E-state index contributed by atoms with van der Waals surface area (Å²) in [6.07, 6.45) is 2.05. The minimum atomic E-state index is -3.61. The summed E-state index contributed by atoms with van der Waals surface area (Å²) in [6.45, 7) is 7.05. The van der Waals surface area contributed by atoms with Crippen LogP contribution in [-0.2, 0) is 31.6 Å². The van der Waals surface area contributed by atoms with Crippen molar-refractivity contribution >= 4 is 39.0 Å². The predicted molar refractivity (Wildman–Crippen MR) is 148 cm³/mol. The number of amides is 2. The van der Waals surface area contributed by atoms with Gasteiger partial charge in [-0.1, -0.05) is 30.3 Å². The second kappa shape index (κ2) is 10.2. The van der Waals surface area contributed by atoms with Gasteiger partial charge in [0.25, 0.3) is 5.91 Å². The first-order chi connectivity index (χ1) is 18.1. The lowest BCUT2D eigenvalue weighted by Crippen LogP contribution is -2.47. The lowest BCUT2D eigenvalue weighted by molar-refractivity contribution is -0.132. The smallest absolute Gasteiger partial charge is 0.256 e. The van der Waals surface area contributed by atoms with Gasteiger partial charge in [0.05, 0.1) is 22.6 Å². The fourth-order valence-corrected chi connectivity index (χ4v) is 6.44. The number of aromatic amines is 1. The first kappa shape index (κ1) is 25.9. The molecule has 38 heavy (non-hydrogen) atoms. The Morgan fingerprint density at radius 1 is 1.03 bits per heavy atom. The Morgan fingerprint density at radius 2 is 1.74 bits per heavy atom. The molecule has 0 unspecified atom stereocenters. The highest BCUT2D eigenvalue weighted by Crippen LogP contribution is 2.36. The van der Waals surface area contributed by atoms with Crippen LogP contribution < -0.4 is 5.32 Å². The molecule has 198 valence electrons. The Morgan fingerprint density at radius 3 is 2.45 bits per heavy atom. The average molecular weight is 533 g/mol. The number of nitrogens with zero attached hydrogens (tertiary/aromatic N) is 2. The van der Waals surface area contributed by atoms with E-state index in [1.54, 1.807) is 30.3 Å². The Bertz CT molecular complexity index is 1530. The average Bonchev–Trinajstić information content (AvgIpc) is 3.34. The number of hydrogen-bond donors (Lipinski definition) is 2. The third-order valence-corrected chi connectivity index (χ3v) is 9.12. The topological polar surface area (TPSA) is 103 Å². The maximum absolute atomic E-state index is 13.1. The molecule has 1 saturated heterocycles. The van der Waals surface area contributed by atoms with Crippen molar-refractivity contribution in [2.75, 3.05) is 38.5 Å². The van der Waals surface area contributed by atoms with Gasteiger partial charge in [-0.3, -0.25) is 9.59 Å². The van der Waals surface area contributed by atoms with Gasteiger partial charge in [0.1, 0.15) is 0 Å². The number of likely N-dealkylation sites (N-methyl/N-ethyl adjacent to an activating group) is 1. The van der Waals surface area contributed by atoms with E-state index in [9.17, 15) is 18.0 Å². The maximum atomic E-state index is 13.1. The van der Waals surface area contributed by atoms with Crippen molar-refractivity contribution < 1.29 is 18.0 Å². The fourth-order valence-electron chi connectivity index (χ4n) is 5.07. The second-order valence-corrected chi connectivity index (χ2v) is 12.1. The molecular weight excluding hydrogens is 500 g/mol. The zero-order chi connectivity index (χ0) is 27.0. The van der Waals surface area contributed by atoms with Crippen molar-refractivity contribution in [2.45, 2.75) is 30.9 Å². The molecule has 1 fully saturated rings. The Kier molecular flexibility index (Phi) is 6.98. The quantitative estimate of drug-likeness (QED) is 0.474. The summed E-state index contributed by atoms with van der Waals surface area (Å²) < 4.78 is 26.3. The molecule has 0 bridgehead atoms. The lowest BCUT2D eigenvalue weighted by atomic mass is 10.0. The van der Waals surface area contributed by atoms with E-state index in [2.05, 4.69) is 22.2 Å². The molecular formula is C29H32N4O4S. The van der Waals surface area contributed by atoms with Crippen LogP contribution in [0.4, 0.5) is 5.69 Å². The normalized spacial score (nSPS) is 17.1. The van der Waals surface area contributed by atoms with Gasteiger partial charge in [-0.05, 0) is 61.9 Å². The number of aromatic nitrogens is 1. The van der Waals surface area contributed by atoms with Crippen molar-refractivity contribution in [2.24, 2.45) is 0 Å². The molecule has 0 aliphatic carbocycles. The largest absolute Gasteiger partial charge is 0.359 e. The zero-order valence-corrected chi connectivity index (χ0v) is 22.7. The summed E-state index contributed by atoms with van der Waals surface area (Å²) in [5.41, 5.74) is 5.67. The van der Waals surface area contributed by atoms with E-state index in [0.717, 1.165) is 48.7 Å². The molecule has 0 saturated carbocycles. The number of hydrogen-bond acceptors (Lipinski definition) is 5. The van der Waals surface area contributed by atoms with Gasteiger partial charge in [0, 0.05) is 48.8 Å². The van der Waals surface area contributed by atoms with Gasteiger partial charge in [0.15, 0.2) is 9.84 Å². The molecule has 1 aromatic heterocycles. The third kappa shape index (κ3) is 5.16. The Hall–Kier alpha value is -3.69. The summed E-state index contributed by atoms with van der Waals surface area (Å²) in [6, 6.07) is 13.8. The highest BCUT2D eigenvalue weighted by molar-refractivity contribution is 7.90. The number of carbonyl (C=O) groups excluding carboxylic acids is 2. The van der Waals surface area contributed by atoms with E-state index in [4.69, 9.17) is 0 Å². The van der Waals surface area contributed by atoms with Crippen LogP contribution in [0.25, 0.3) is 11.6 Å². The standard InChI is InChI=1S/C29H32N4O4S/c1-19-23(17-28(34)33-13-11-32(3)12-14-33)20(2)30-27(19)16-25-24-15-22(9-10-26(24)31-29(25)35)38(36,37)18-21-7-5-4-6-8-21/h4-10,15-16,30H,11-14,17-18H2,1-3H3,(H,31,35)/b25-16-. The van der Waals surface area contributed by atoms with E-state index in [1.807, 2.05) is 36.9 Å². The molecule has 3 heterocycles. The van der Waals surface area contributed by atoms with E-state index < -0.39 is 9.84 Å². The predicted octanol–water partition coefficient (Wildman–Crippen LogP) is 3.41. The van der Waals surface area contributed by atoms with Crippen molar-refractivity contribution in [1.82, 2.24) is 14.8 Å². The van der Waals surface area contributed by atoms with E-state index in [-0.39, 0.29) is 22.5 Å². The van der Waals surface area contributed by atoms with Crippen molar-refractivity contribution in [3.63, 3.8) is 0 Å². The van der Waals surface area contributed by atoms with Gasteiger partial charge in [-0.2, -0.15) is 0 Å². The molecule has 2 aliphatic heterocycles. The van der Waals surface area contributed by atoms with Crippen LogP contribution in [-0.4, -0.2) is 68.2 Å². The number of H-pyrrole nitrogens is 1. The van der Waals surface area contributed by atoms with Crippen LogP contribution in [0.2, 0.25) is 0 Å². The molecule has 2 amide bonds. The van der Waals surface area contributed by atoms with Crippen molar-refractivity contribution in [3.8, 4) is 0 Å². The summed E-state index contributed by atoms with van der Waals surface area (Å²) >= 11 is 0. The van der Waals surface area contributed by atoms with E-state index in [1.165, 1.54) is 6.07 Å². The first-order valence-electron chi connectivity index (χ1n) is 12.7. The molecule has 9 heteroatoms. The van der Waals surface area contributed by atoms with Crippen LogP contribution in [0.1, 0.15) is 33.6 Å². The number of piperazine rings is 1. The number of fused-ring (bicyclic) bond motifs is 1. The number of aryl methyl sites for hydroxylation is 1. The van der Waals surface area contributed by atoms with Crippen LogP contribution in [0.5, 0.6) is 0 Å². The SMILES string of the molecule is Cc1[nH]c(/C=C2\C(=O)Nc3ccc(S(=O)(=O)Cc4ccccc4)cc32)c(C)c1CC(=O)N1CCN(C)CC1. The molecule has 8 nitrogen and oxygen atoms in total. The monoisotopic (exact) mass is 532 g/mol. The maximum Gasteiger partial charge on any atom is 0.256 e. The Balaban J connectivity index is 1.42. The molecule has 5 rings (SSSR count). The molecule has 2 N–H and O–H groups in total. The minimum absolute atomic E-state index is 0.0970. The van der Waals surface area contributed by atoms with Crippen LogP contribution in [0.3, 0.4) is 0 Å². The van der Waals surface area contributed by atoms with Gasteiger partial charge in [-0.15, -0.1) is 0 Å². The molecule has 2 aliphatic rings. The number of sulfone groups is 1. The molecule has 0 radical (unpaired) electrons. The van der Waals surface area contributed by atoms with E-state index >= 15 is 0 Å². The van der Waals surface area contributed by atoms with Crippen LogP contribution >= 0.6 is 0 Å². The summed E-state index contributed by atoms with van der Waals surface area (Å²) in [5, 5.41) is 2.84. The van der Waals surface area contributed by atoms with Gasteiger partial charge >= 0.3 is 0 Å². The number of carbonyl (C=O) groups is 2. The van der Waals surface area contributed by atoms with Crippen molar-refractivity contribution in [3.05, 3.63) is 82.2 Å². The minimum Gasteiger partial charge on any atom is -0.359 e. The third-order valence-electron chi connectivity index (χ3n) is 7.44. The van der Waals surface area contributed by atoms with Crippen LogP contribution in [0, 0.1) is 13.8 Å². The molecule has 3 aromatic rings. The summed E-state index contributed by atoms with van der Waals surface area (Å²) in [7, 11) is -1.55. The van der Waals surface area contributed by atoms with Gasteiger partial charge in [0.2, 0.25) is 5.91 Å². The van der Waals surface area contributed by atoms with Crippen LogP contribution in [0.15, 0.2) is 53.4 Å². The van der Waals surface area contributed by atoms with E-state index in [0.29, 0.717) is 28.8 Å². The highest BCUT2D eigenvalue weighted by atomic mass is 32.2. The molecule has 0 atom stereocenters. The highest BCUT2D eigenvalue weighted by Gasteiger charge is 2.28. The van der Waals surface area contributed by atoms with Gasteiger partial charge < -0.3 is 20.1 Å². The summed E-state index contributed by atoms with van der Waals surface area (Å²) in [4.78, 5) is 33.5. The fraction of sp³-hybridized carbons (Fsp3) is 0.310. The molecule has 0 spiro atoms. The Labute approximate surface area is 223 Å². The number of anilines is 1. The number of nitrogens with one attached hydrogen (secondary N) is 2. The number of rotatable bonds is 6. The second-order valence-electron chi connectivity index (χ2n) is 10.1. The molecule has 2 aromatic carbocycles. The number of benzene rings is 2.